The summed E-state index contributed by atoms with van der Waals surface area (Å²) >= 11 is 0. The number of anilines is 1. The summed E-state index contributed by atoms with van der Waals surface area (Å²) < 4.78 is 30.5. The number of nitrogens with two attached hydrogens (primary N) is 1. The van der Waals surface area contributed by atoms with Crippen molar-refractivity contribution in [3.05, 3.63) is 47.9 Å². The number of halogens is 1. The van der Waals surface area contributed by atoms with Crippen molar-refractivity contribution < 1.29 is 13.3 Å². The Kier molecular flexibility index (Phi) is 4.11. The minimum atomic E-state index is -1.45. The monoisotopic (exact) mass is 280 g/mol. The van der Waals surface area contributed by atoms with Gasteiger partial charge in [0.05, 0.1) is 28.6 Å². The molecule has 0 amide bonds. The Morgan fingerprint density at radius 2 is 2.21 bits per heavy atom. The lowest BCUT2D eigenvalue weighted by atomic mass is 10.3. The van der Waals surface area contributed by atoms with Gasteiger partial charge in [-0.1, -0.05) is 6.07 Å². The second-order valence-electron chi connectivity index (χ2n) is 3.84. The van der Waals surface area contributed by atoms with Crippen LogP contribution in [0.2, 0.25) is 0 Å². The first-order valence-corrected chi connectivity index (χ1v) is 6.85. The number of ether oxygens (including phenoxy) is 1. The quantitative estimate of drug-likeness (QED) is 0.871. The van der Waals surface area contributed by atoms with Crippen LogP contribution in [0, 0.1) is 5.82 Å². The van der Waals surface area contributed by atoms with Crippen molar-refractivity contribution in [2.24, 2.45) is 0 Å². The van der Waals surface area contributed by atoms with Crippen LogP contribution in [0.25, 0.3) is 0 Å². The van der Waals surface area contributed by atoms with E-state index >= 15 is 0 Å². The first-order valence-electron chi connectivity index (χ1n) is 5.53. The molecule has 0 radical (unpaired) electrons. The Balaban J connectivity index is 2.28. The molecule has 0 saturated heterocycles. The third-order valence-electron chi connectivity index (χ3n) is 2.55. The number of hydrogen-bond acceptors (Lipinski definition) is 4. The Hall–Kier alpha value is -1.95. The molecule has 0 saturated carbocycles. The van der Waals surface area contributed by atoms with E-state index < -0.39 is 16.6 Å². The van der Waals surface area contributed by atoms with Gasteiger partial charge in [0.25, 0.3) is 0 Å². The van der Waals surface area contributed by atoms with Crippen molar-refractivity contribution >= 4 is 16.5 Å². The number of hydrogen-bond donors (Lipinski definition) is 1. The molecule has 100 valence electrons. The number of rotatable bonds is 4. The van der Waals surface area contributed by atoms with E-state index in [0.29, 0.717) is 17.1 Å². The summed E-state index contributed by atoms with van der Waals surface area (Å²) in [6.45, 7) is 0. The fraction of sp³-hybridized carbons (Fsp3) is 0.154. The molecule has 0 aliphatic rings. The fourth-order valence-electron chi connectivity index (χ4n) is 1.64. The van der Waals surface area contributed by atoms with E-state index in [0.717, 1.165) is 0 Å². The standard InChI is InChI=1S/C13H13FN2O2S/c1-18-13-9(3-2-6-16-13)8-19(17)12-7-10(14)4-5-11(12)15/h2-7H,8,15H2,1H3. The van der Waals surface area contributed by atoms with E-state index in [9.17, 15) is 8.60 Å². The molecule has 1 atom stereocenters. The molecular weight excluding hydrogens is 267 g/mol. The smallest absolute Gasteiger partial charge is 0.217 e. The van der Waals surface area contributed by atoms with Crippen LogP contribution >= 0.6 is 0 Å². The maximum absolute atomic E-state index is 13.2. The summed E-state index contributed by atoms with van der Waals surface area (Å²) in [6.07, 6.45) is 1.59. The Morgan fingerprint density at radius 3 is 2.95 bits per heavy atom. The van der Waals surface area contributed by atoms with Gasteiger partial charge >= 0.3 is 0 Å². The first kappa shape index (κ1) is 13.5. The number of benzene rings is 1. The third-order valence-corrected chi connectivity index (χ3v) is 3.97. The summed E-state index contributed by atoms with van der Waals surface area (Å²) in [6, 6.07) is 7.32. The van der Waals surface area contributed by atoms with E-state index in [4.69, 9.17) is 10.5 Å². The molecule has 0 spiro atoms. The molecule has 19 heavy (non-hydrogen) atoms. The second-order valence-corrected chi connectivity index (χ2v) is 5.26. The van der Waals surface area contributed by atoms with Gasteiger partial charge < -0.3 is 10.5 Å². The Labute approximate surface area is 112 Å². The number of methoxy groups -OCH3 is 1. The molecule has 0 bridgehead atoms. The van der Waals surface area contributed by atoms with E-state index in [1.807, 2.05) is 0 Å². The lowest BCUT2D eigenvalue weighted by molar-refractivity contribution is 0.394. The van der Waals surface area contributed by atoms with Crippen LogP contribution in [0.15, 0.2) is 41.4 Å². The maximum Gasteiger partial charge on any atom is 0.217 e. The summed E-state index contributed by atoms with van der Waals surface area (Å²) in [7, 11) is 0.0383. The highest BCUT2D eigenvalue weighted by Crippen LogP contribution is 2.23. The van der Waals surface area contributed by atoms with Crippen molar-refractivity contribution in [1.82, 2.24) is 4.98 Å². The molecule has 2 aromatic rings. The second kappa shape index (κ2) is 5.79. The van der Waals surface area contributed by atoms with Gasteiger partial charge in [0.15, 0.2) is 0 Å². The molecular formula is C13H13FN2O2S. The molecule has 0 aliphatic carbocycles. The largest absolute Gasteiger partial charge is 0.481 e. The van der Waals surface area contributed by atoms with Crippen molar-refractivity contribution in [1.29, 1.82) is 0 Å². The molecule has 1 aromatic carbocycles. The SMILES string of the molecule is COc1ncccc1CS(=O)c1cc(F)ccc1N. The predicted octanol–water partition coefficient (Wildman–Crippen LogP) is 2.12. The van der Waals surface area contributed by atoms with Crippen molar-refractivity contribution in [2.75, 3.05) is 12.8 Å². The number of aromatic nitrogens is 1. The van der Waals surface area contributed by atoms with E-state index in [1.54, 1.807) is 18.3 Å². The molecule has 2 N–H and O–H groups in total. The van der Waals surface area contributed by atoms with Gasteiger partial charge in [0, 0.05) is 17.4 Å². The lowest BCUT2D eigenvalue weighted by Gasteiger charge is -2.08. The average Bonchev–Trinajstić information content (AvgIpc) is 2.42. The molecule has 4 nitrogen and oxygen atoms in total. The first-order chi connectivity index (χ1) is 9.11. The van der Waals surface area contributed by atoms with Crippen LogP contribution in [-0.2, 0) is 16.6 Å². The zero-order valence-corrected chi connectivity index (χ0v) is 11.1. The molecule has 0 aliphatic heterocycles. The Morgan fingerprint density at radius 1 is 1.42 bits per heavy atom. The van der Waals surface area contributed by atoms with Crippen LogP contribution in [0.5, 0.6) is 5.88 Å². The topological polar surface area (TPSA) is 65.2 Å². The van der Waals surface area contributed by atoms with Gasteiger partial charge in [-0.3, -0.25) is 4.21 Å². The zero-order chi connectivity index (χ0) is 13.8. The molecule has 1 aromatic heterocycles. The minimum absolute atomic E-state index is 0.171. The van der Waals surface area contributed by atoms with E-state index in [-0.39, 0.29) is 10.6 Å². The summed E-state index contributed by atoms with van der Waals surface area (Å²) in [5.41, 5.74) is 6.70. The fourth-order valence-corrected chi connectivity index (χ4v) is 2.87. The maximum atomic E-state index is 13.2. The van der Waals surface area contributed by atoms with Crippen LogP contribution in [0.4, 0.5) is 10.1 Å². The van der Waals surface area contributed by atoms with Gasteiger partial charge in [-0.05, 0) is 24.3 Å². The molecule has 0 fully saturated rings. The third kappa shape index (κ3) is 3.08. The number of pyridine rings is 1. The average molecular weight is 280 g/mol. The van der Waals surface area contributed by atoms with Gasteiger partial charge in [0.2, 0.25) is 5.88 Å². The number of nitrogens with zero attached hydrogens (tertiary/aromatic N) is 1. The van der Waals surface area contributed by atoms with E-state index in [2.05, 4.69) is 4.98 Å². The summed E-state index contributed by atoms with van der Waals surface area (Å²) in [5, 5.41) is 0. The highest BCUT2D eigenvalue weighted by Gasteiger charge is 2.13. The molecule has 6 heteroatoms. The summed E-state index contributed by atoms with van der Waals surface area (Å²) in [4.78, 5) is 4.31. The molecule has 1 unspecified atom stereocenters. The van der Waals surface area contributed by atoms with E-state index in [1.165, 1.54) is 25.3 Å². The lowest BCUT2D eigenvalue weighted by Crippen LogP contribution is -2.03. The van der Waals surface area contributed by atoms with Crippen LogP contribution in [-0.4, -0.2) is 16.3 Å². The van der Waals surface area contributed by atoms with Gasteiger partial charge in [0.1, 0.15) is 5.82 Å². The van der Waals surface area contributed by atoms with Gasteiger partial charge in [-0.2, -0.15) is 0 Å². The van der Waals surface area contributed by atoms with Crippen LogP contribution < -0.4 is 10.5 Å². The normalized spacial score (nSPS) is 12.1. The molecule has 2 rings (SSSR count). The van der Waals surface area contributed by atoms with Gasteiger partial charge in [-0.15, -0.1) is 0 Å². The molecule has 1 heterocycles. The van der Waals surface area contributed by atoms with Gasteiger partial charge in [-0.25, -0.2) is 9.37 Å². The Bertz CT molecular complexity index is 619. The van der Waals surface area contributed by atoms with Crippen LogP contribution in [0.3, 0.4) is 0 Å². The predicted molar refractivity (Wildman–Crippen MR) is 71.7 cm³/mol. The number of nitrogen functional groups attached to an aromatic ring is 1. The van der Waals surface area contributed by atoms with Crippen molar-refractivity contribution in [2.45, 2.75) is 10.6 Å². The minimum Gasteiger partial charge on any atom is -0.481 e. The van der Waals surface area contributed by atoms with Crippen molar-refractivity contribution in [3.8, 4) is 5.88 Å². The summed E-state index contributed by atoms with van der Waals surface area (Å²) in [5.74, 6) is 0.117. The highest BCUT2D eigenvalue weighted by molar-refractivity contribution is 7.84. The zero-order valence-electron chi connectivity index (χ0n) is 10.3. The van der Waals surface area contributed by atoms with Crippen molar-refractivity contribution in [3.63, 3.8) is 0 Å². The van der Waals surface area contributed by atoms with Crippen LogP contribution in [0.1, 0.15) is 5.56 Å². The highest BCUT2D eigenvalue weighted by atomic mass is 32.2.